The zero-order valence-corrected chi connectivity index (χ0v) is 11.2. The van der Waals surface area contributed by atoms with Crippen molar-refractivity contribution in [2.75, 3.05) is 0 Å². The summed E-state index contributed by atoms with van der Waals surface area (Å²) in [5.74, 6) is 0.778. The molecule has 1 saturated carbocycles. The van der Waals surface area contributed by atoms with E-state index in [1.807, 2.05) is 0 Å². The fourth-order valence-corrected chi connectivity index (χ4v) is 2.34. The minimum Gasteiger partial charge on any atom is -0.388 e. The van der Waals surface area contributed by atoms with Crippen molar-refractivity contribution in [1.82, 2.24) is 0 Å². The normalized spacial score (nSPS) is 18.8. The maximum atomic E-state index is 10.3. The first-order valence-electron chi connectivity index (χ1n) is 6.82. The Kier molecular flexibility index (Phi) is 3.58. The van der Waals surface area contributed by atoms with E-state index in [1.54, 1.807) is 0 Å². The van der Waals surface area contributed by atoms with Crippen molar-refractivity contribution in [3.8, 4) is 0 Å². The minimum absolute atomic E-state index is 0.0437. The van der Waals surface area contributed by atoms with Crippen LogP contribution in [0.5, 0.6) is 0 Å². The lowest BCUT2D eigenvalue weighted by atomic mass is 9.78. The van der Waals surface area contributed by atoms with Crippen LogP contribution in [0.15, 0.2) is 24.3 Å². The molecule has 0 saturated heterocycles. The minimum atomic E-state index is -0.358. The first-order valence-corrected chi connectivity index (χ1v) is 6.82. The number of aliphatic hydroxyl groups is 1. The Morgan fingerprint density at radius 1 is 1.24 bits per heavy atom. The summed E-state index contributed by atoms with van der Waals surface area (Å²) >= 11 is 0. The largest absolute Gasteiger partial charge is 0.388 e. The van der Waals surface area contributed by atoms with Crippen molar-refractivity contribution in [2.24, 2.45) is 5.41 Å². The molecule has 1 unspecified atom stereocenters. The van der Waals surface area contributed by atoms with E-state index in [9.17, 15) is 5.11 Å². The molecule has 0 spiro atoms. The summed E-state index contributed by atoms with van der Waals surface area (Å²) in [6, 6.07) is 8.62. The van der Waals surface area contributed by atoms with Gasteiger partial charge in [0.2, 0.25) is 0 Å². The van der Waals surface area contributed by atoms with Crippen molar-refractivity contribution >= 4 is 0 Å². The van der Waals surface area contributed by atoms with Gasteiger partial charge in [-0.15, -0.1) is 0 Å². The van der Waals surface area contributed by atoms with Crippen LogP contribution in [-0.2, 0) is 0 Å². The molecule has 0 aliphatic heterocycles. The van der Waals surface area contributed by atoms with Crippen LogP contribution in [0.1, 0.15) is 69.6 Å². The molecule has 1 aromatic rings. The maximum Gasteiger partial charge on any atom is 0.0840 e. The van der Waals surface area contributed by atoms with E-state index in [1.165, 1.54) is 24.8 Å². The monoisotopic (exact) mass is 232 g/mol. The van der Waals surface area contributed by atoms with Crippen LogP contribution in [0.2, 0.25) is 0 Å². The van der Waals surface area contributed by atoms with Crippen LogP contribution in [-0.4, -0.2) is 5.11 Å². The molecule has 0 amide bonds. The Hall–Kier alpha value is -0.820. The standard InChI is InChI=1S/C16H24O/c1-4-16(2,3)15(17)14-10-8-13(9-11-14)12-6-5-7-12/h8-12,15,17H,4-7H2,1-3H3. The van der Waals surface area contributed by atoms with E-state index < -0.39 is 0 Å². The Balaban J connectivity index is 2.11. The molecule has 94 valence electrons. The molecule has 0 aromatic heterocycles. The maximum absolute atomic E-state index is 10.3. The molecule has 1 heteroatoms. The van der Waals surface area contributed by atoms with Crippen LogP contribution >= 0.6 is 0 Å². The van der Waals surface area contributed by atoms with Gasteiger partial charge >= 0.3 is 0 Å². The second-order valence-corrected chi connectivity index (χ2v) is 6.04. The van der Waals surface area contributed by atoms with Crippen LogP contribution in [0.25, 0.3) is 0 Å². The summed E-state index contributed by atoms with van der Waals surface area (Å²) in [6.07, 6.45) is 4.67. The van der Waals surface area contributed by atoms with Gasteiger partial charge in [-0.05, 0) is 41.7 Å². The first-order chi connectivity index (χ1) is 8.04. The number of rotatable bonds is 4. The molecule has 0 bridgehead atoms. The van der Waals surface area contributed by atoms with Gasteiger partial charge in [-0.25, -0.2) is 0 Å². The first kappa shape index (κ1) is 12.6. The van der Waals surface area contributed by atoms with Gasteiger partial charge in [-0.3, -0.25) is 0 Å². The molecule has 1 N–H and O–H groups in total. The van der Waals surface area contributed by atoms with Gasteiger partial charge in [0.05, 0.1) is 6.10 Å². The molecule has 17 heavy (non-hydrogen) atoms. The highest BCUT2D eigenvalue weighted by atomic mass is 16.3. The molecule has 1 aliphatic rings. The molecule has 1 atom stereocenters. The fraction of sp³-hybridized carbons (Fsp3) is 0.625. The molecule has 2 rings (SSSR count). The predicted octanol–water partition coefficient (Wildman–Crippen LogP) is 4.42. The molecule has 1 aromatic carbocycles. The van der Waals surface area contributed by atoms with Crippen LogP contribution < -0.4 is 0 Å². The predicted molar refractivity (Wildman–Crippen MR) is 72.1 cm³/mol. The van der Waals surface area contributed by atoms with Crippen LogP contribution in [0, 0.1) is 5.41 Å². The third-order valence-electron chi connectivity index (χ3n) is 4.48. The number of benzene rings is 1. The SMILES string of the molecule is CCC(C)(C)C(O)c1ccc(C2CCC2)cc1. The molecule has 0 radical (unpaired) electrons. The highest BCUT2D eigenvalue weighted by Gasteiger charge is 2.27. The smallest absolute Gasteiger partial charge is 0.0840 e. The topological polar surface area (TPSA) is 20.2 Å². The highest BCUT2D eigenvalue weighted by molar-refractivity contribution is 5.28. The summed E-state index contributed by atoms with van der Waals surface area (Å²) in [7, 11) is 0. The van der Waals surface area contributed by atoms with Gasteiger partial charge in [0.25, 0.3) is 0 Å². The summed E-state index contributed by atoms with van der Waals surface area (Å²) in [6.45, 7) is 6.38. The van der Waals surface area contributed by atoms with Gasteiger partial charge in [0, 0.05) is 0 Å². The highest BCUT2D eigenvalue weighted by Crippen LogP contribution is 2.39. The van der Waals surface area contributed by atoms with Crippen molar-refractivity contribution in [3.05, 3.63) is 35.4 Å². The van der Waals surface area contributed by atoms with E-state index in [0.29, 0.717) is 0 Å². The van der Waals surface area contributed by atoms with Crippen molar-refractivity contribution in [3.63, 3.8) is 0 Å². The lowest BCUT2D eigenvalue weighted by Gasteiger charge is -2.30. The van der Waals surface area contributed by atoms with E-state index in [0.717, 1.165) is 17.9 Å². The molecule has 1 aliphatic carbocycles. The summed E-state index contributed by atoms with van der Waals surface area (Å²) < 4.78 is 0. The van der Waals surface area contributed by atoms with E-state index in [4.69, 9.17) is 0 Å². The van der Waals surface area contributed by atoms with Crippen LogP contribution in [0.4, 0.5) is 0 Å². The second kappa shape index (κ2) is 4.81. The van der Waals surface area contributed by atoms with Gasteiger partial charge in [-0.2, -0.15) is 0 Å². The Bertz CT molecular complexity index is 360. The molecule has 1 nitrogen and oxygen atoms in total. The lowest BCUT2D eigenvalue weighted by Crippen LogP contribution is -2.21. The second-order valence-electron chi connectivity index (χ2n) is 6.04. The van der Waals surface area contributed by atoms with Gasteiger partial charge < -0.3 is 5.11 Å². The third-order valence-corrected chi connectivity index (χ3v) is 4.48. The van der Waals surface area contributed by atoms with Crippen molar-refractivity contribution in [1.29, 1.82) is 0 Å². The quantitative estimate of drug-likeness (QED) is 0.814. The fourth-order valence-electron chi connectivity index (χ4n) is 2.34. The summed E-state index contributed by atoms with van der Waals surface area (Å²) in [4.78, 5) is 0. The number of hydrogen-bond acceptors (Lipinski definition) is 1. The number of hydrogen-bond donors (Lipinski definition) is 1. The lowest BCUT2D eigenvalue weighted by molar-refractivity contribution is 0.0465. The zero-order valence-electron chi connectivity index (χ0n) is 11.2. The van der Waals surface area contributed by atoms with Crippen molar-refractivity contribution < 1.29 is 5.11 Å². The Morgan fingerprint density at radius 2 is 1.82 bits per heavy atom. The number of aliphatic hydroxyl groups excluding tert-OH is 1. The van der Waals surface area contributed by atoms with E-state index in [2.05, 4.69) is 45.0 Å². The zero-order chi connectivity index (χ0) is 12.5. The van der Waals surface area contributed by atoms with Crippen molar-refractivity contribution in [2.45, 2.75) is 58.5 Å². The van der Waals surface area contributed by atoms with E-state index in [-0.39, 0.29) is 11.5 Å². The van der Waals surface area contributed by atoms with Gasteiger partial charge in [0.1, 0.15) is 0 Å². The molecule has 0 heterocycles. The van der Waals surface area contributed by atoms with Gasteiger partial charge in [-0.1, -0.05) is 51.5 Å². The van der Waals surface area contributed by atoms with E-state index >= 15 is 0 Å². The average Bonchev–Trinajstić information content (AvgIpc) is 2.27. The van der Waals surface area contributed by atoms with Gasteiger partial charge in [0.15, 0.2) is 0 Å². The Labute approximate surface area is 105 Å². The molecular weight excluding hydrogens is 208 g/mol. The molecular formula is C16H24O. The third kappa shape index (κ3) is 2.55. The summed E-state index contributed by atoms with van der Waals surface area (Å²) in [5, 5.41) is 10.3. The van der Waals surface area contributed by atoms with Crippen LogP contribution in [0.3, 0.4) is 0 Å². The summed E-state index contributed by atoms with van der Waals surface area (Å²) in [5.41, 5.74) is 2.46. The molecule has 1 fully saturated rings. The Morgan fingerprint density at radius 3 is 2.24 bits per heavy atom. The average molecular weight is 232 g/mol.